The average molecular weight is 1640 g/mol. The zero-order valence-corrected chi connectivity index (χ0v) is 69.2. The number of para-hydroxylation sites is 3. The third kappa shape index (κ3) is 13.7. The first-order valence-electron chi connectivity index (χ1n) is 42.5. The molecule has 19 aromatic carbocycles. The van der Waals surface area contributed by atoms with E-state index in [1.165, 1.54) is 47.6 Å². The van der Waals surface area contributed by atoms with Crippen LogP contribution in [0, 0.1) is 0 Å². The predicted molar refractivity (Wildman–Crippen MR) is 524 cm³/mol. The van der Waals surface area contributed by atoms with Gasteiger partial charge >= 0.3 is 0 Å². The second-order valence-corrected chi connectivity index (χ2v) is 32.4. The molecule has 0 bridgehead atoms. The van der Waals surface area contributed by atoms with Crippen LogP contribution < -0.4 is 0 Å². The molecule has 0 radical (unpaired) electrons. The van der Waals surface area contributed by atoms with Crippen LogP contribution in [0.4, 0.5) is 0 Å². The number of fused-ring (bicyclic) bond motifs is 13. The minimum atomic E-state index is 0.581. The summed E-state index contributed by atoms with van der Waals surface area (Å²) in [5.41, 5.74) is 22.2. The van der Waals surface area contributed by atoms with E-state index in [4.69, 9.17) is 48.7 Å². The van der Waals surface area contributed by atoms with Gasteiger partial charge < -0.3 is 8.83 Å². The smallest absolute Gasteiger partial charge is 0.168 e. The summed E-state index contributed by atoms with van der Waals surface area (Å²) in [6.45, 7) is 0. The minimum absolute atomic E-state index is 0.581. The third-order valence-corrected chi connectivity index (χ3v) is 24.9. The standard InChI is InChI=1S/C43H27N3S.C37H23N3O.C36H22N2O/c1-4-15-28(16-5-1)38-34-24-11-10-23-33(34)37(39-35-25-12-13-26-36(35)47-40(38)39)31-21-14-22-32(27-31)43-45-41(29-17-6-2-7-18-29)44-42(46-43)30-19-8-3-9-20-30;1-4-14-24(15-5-1)31-27-20-10-11-21-28(27)33(34-32(31)29-22-12-13-23-30(29)41-34)37-39-35(25-16-6-2-7-17-25)38-36(40-37)26-18-8-3-9-19-26;1-3-13-23(14-4-1)31-25-17-7-8-18-26(25)33(32-28-20-10-12-22-30(28)39-35(31)32)36-37-29-21-11-9-19-27(29)34(38-36)24-15-5-2-6-16-24/h1-27H;1-23H;1-22H. The lowest BCUT2D eigenvalue weighted by molar-refractivity contribution is 0.670. The van der Waals surface area contributed by atoms with Gasteiger partial charge in [-0.25, -0.2) is 39.9 Å². The Bertz CT molecular complexity index is 8380. The van der Waals surface area contributed by atoms with Crippen molar-refractivity contribution in [3.8, 4) is 135 Å². The number of benzene rings is 19. The van der Waals surface area contributed by atoms with Crippen molar-refractivity contribution in [2.45, 2.75) is 0 Å². The Labute approximate surface area is 734 Å². The van der Waals surface area contributed by atoms with Gasteiger partial charge in [-0.15, -0.1) is 11.3 Å². The molecule has 0 saturated heterocycles. The fraction of sp³-hybridized carbons (Fsp3) is 0. The highest BCUT2D eigenvalue weighted by molar-refractivity contribution is 7.26. The van der Waals surface area contributed by atoms with Crippen LogP contribution >= 0.6 is 11.3 Å². The van der Waals surface area contributed by atoms with Gasteiger partial charge in [-0.1, -0.05) is 406 Å². The van der Waals surface area contributed by atoms with Crippen LogP contribution in [0.2, 0.25) is 0 Å². The summed E-state index contributed by atoms with van der Waals surface area (Å²) in [6, 6.07) is 151. The molecule has 0 aliphatic heterocycles. The number of aromatic nitrogens is 8. The summed E-state index contributed by atoms with van der Waals surface area (Å²) >= 11 is 1.87. The van der Waals surface area contributed by atoms with Crippen LogP contribution in [0.25, 0.3) is 243 Å². The molecule has 10 nitrogen and oxygen atoms in total. The number of hydrogen-bond acceptors (Lipinski definition) is 11. The zero-order valence-electron chi connectivity index (χ0n) is 68.4. The molecule has 0 fully saturated rings. The molecule has 6 aromatic heterocycles. The van der Waals surface area contributed by atoms with Gasteiger partial charge in [-0.3, -0.25) is 0 Å². The van der Waals surface area contributed by atoms with E-state index in [-0.39, 0.29) is 0 Å². The maximum absolute atomic E-state index is 6.70. The van der Waals surface area contributed by atoms with Crippen LogP contribution in [-0.2, 0) is 0 Å². The van der Waals surface area contributed by atoms with E-state index in [1.807, 2.05) is 187 Å². The van der Waals surface area contributed by atoms with Crippen molar-refractivity contribution in [3.63, 3.8) is 0 Å². The predicted octanol–water partition coefficient (Wildman–Crippen LogP) is 31.0. The maximum Gasteiger partial charge on any atom is 0.168 e. The Balaban J connectivity index is 0.000000110. The molecule has 594 valence electrons. The Morgan fingerprint density at radius 1 is 0.173 bits per heavy atom. The van der Waals surface area contributed by atoms with Gasteiger partial charge in [0.15, 0.2) is 40.8 Å². The van der Waals surface area contributed by atoms with E-state index in [9.17, 15) is 0 Å². The molecular formula is C116H72N8O2S. The molecule has 25 aromatic rings. The van der Waals surface area contributed by atoms with Crippen LogP contribution in [0.1, 0.15) is 0 Å². The van der Waals surface area contributed by atoms with Crippen LogP contribution in [-0.4, -0.2) is 39.9 Å². The second kappa shape index (κ2) is 32.5. The molecule has 0 spiro atoms. The Hall–Kier alpha value is -16.9. The van der Waals surface area contributed by atoms with Gasteiger partial charge in [0, 0.05) is 103 Å². The van der Waals surface area contributed by atoms with E-state index < -0.39 is 0 Å². The molecule has 0 saturated carbocycles. The van der Waals surface area contributed by atoms with Crippen molar-refractivity contribution < 1.29 is 8.83 Å². The quantitative estimate of drug-likeness (QED) is 0.117. The monoisotopic (exact) mass is 1640 g/mol. The van der Waals surface area contributed by atoms with Crippen LogP contribution in [0.15, 0.2) is 446 Å². The van der Waals surface area contributed by atoms with Gasteiger partial charge in [-0.2, -0.15) is 0 Å². The molecule has 0 N–H and O–H groups in total. The summed E-state index contributed by atoms with van der Waals surface area (Å²) in [4.78, 5) is 40.5. The first-order chi connectivity index (χ1) is 63.0. The number of thiophene rings is 1. The minimum Gasteiger partial charge on any atom is -0.455 e. The van der Waals surface area contributed by atoms with Crippen molar-refractivity contribution >= 4 is 119 Å². The van der Waals surface area contributed by atoms with Gasteiger partial charge in [-0.05, 0) is 90.5 Å². The lowest BCUT2D eigenvalue weighted by atomic mass is 9.88. The lowest BCUT2D eigenvalue weighted by Crippen LogP contribution is -2.01. The summed E-state index contributed by atoms with van der Waals surface area (Å²) < 4.78 is 15.9. The largest absolute Gasteiger partial charge is 0.455 e. The molecule has 0 aliphatic rings. The molecule has 25 rings (SSSR count). The highest BCUT2D eigenvalue weighted by Gasteiger charge is 2.29. The van der Waals surface area contributed by atoms with E-state index in [1.54, 1.807) is 0 Å². The molecule has 0 unspecified atom stereocenters. The summed E-state index contributed by atoms with van der Waals surface area (Å²) in [5.74, 6) is 4.48. The molecule has 127 heavy (non-hydrogen) atoms. The van der Waals surface area contributed by atoms with E-state index in [2.05, 4.69) is 261 Å². The van der Waals surface area contributed by atoms with Gasteiger partial charge in [0.2, 0.25) is 0 Å². The molecule has 11 heteroatoms. The van der Waals surface area contributed by atoms with Crippen LogP contribution in [0.5, 0.6) is 0 Å². The fourth-order valence-corrected chi connectivity index (χ4v) is 19.3. The van der Waals surface area contributed by atoms with E-state index >= 15 is 0 Å². The lowest BCUT2D eigenvalue weighted by Gasteiger charge is -2.16. The topological polar surface area (TPSA) is 129 Å². The fourth-order valence-electron chi connectivity index (χ4n) is 18.1. The molecule has 0 amide bonds. The Morgan fingerprint density at radius 3 is 0.953 bits per heavy atom. The molecule has 6 heterocycles. The second-order valence-electron chi connectivity index (χ2n) is 31.3. The first-order valence-corrected chi connectivity index (χ1v) is 43.3. The number of furan rings is 2. The highest BCUT2D eigenvalue weighted by Crippen LogP contribution is 2.53. The first kappa shape index (κ1) is 75.1. The zero-order chi connectivity index (χ0) is 84.1. The van der Waals surface area contributed by atoms with Crippen molar-refractivity contribution in [2.75, 3.05) is 0 Å². The summed E-state index contributed by atoms with van der Waals surface area (Å²) in [6.07, 6.45) is 0. The number of nitrogens with zero attached hydrogens (tertiary/aromatic N) is 8. The van der Waals surface area contributed by atoms with Crippen molar-refractivity contribution in [3.05, 3.63) is 437 Å². The van der Waals surface area contributed by atoms with Gasteiger partial charge in [0.25, 0.3) is 0 Å². The Morgan fingerprint density at radius 2 is 0.472 bits per heavy atom. The van der Waals surface area contributed by atoms with E-state index in [0.29, 0.717) is 40.8 Å². The summed E-state index contributed by atoms with van der Waals surface area (Å²) in [5, 5.41) is 14.6. The van der Waals surface area contributed by atoms with Gasteiger partial charge in [0.1, 0.15) is 22.3 Å². The normalized spacial score (nSPS) is 11.5. The van der Waals surface area contributed by atoms with Gasteiger partial charge in [0.05, 0.1) is 16.8 Å². The van der Waals surface area contributed by atoms with E-state index in [0.717, 1.165) is 154 Å². The Kier molecular flexibility index (Phi) is 19.2. The van der Waals surface area contributed by atoms with Crippen molar-refractivity contribution in [1.82, 2.24) is 39.9 Å². The highest BCUT2D eigenvalue weighted by atomic mass is 32.1. The number of hydrogen-bond donors (Lipinski definition) is 0. The van der Waals surface area contributed by atoms with Crippen LogP contribution in [0.3, 0.4) is 0 Å². The third-order valence-electron chi connectivity index (χ3n) is 23.7. The average Bonchev–Trinajstić information content (AvgIpc) is 1.63. The summed E-state index contributed by atoms with van der Waals surface area (Å²) in [7, 11) is 0. The molecule has 0 aliphatic carbocycles. The van der Waals surface area contributed by atoms with Crippen molar-refractivity contribution in [2.24, 2.45) is 0 Å². The maximum atomic E-state index is 6.70. The molecular weight excluding hydrogens is 1570 g/mol. The molecule has 0 atom stereocenters. The SMILES string of the molecule is c1ccc(-c2nc(-c3c4ccccc4c(-c4ccccc4)c4oc5ccccc5c34)nc3ccccc23)cc1.c1ccc(-c2nc(-c3ccccc3)nc(-c3c4ccccc4c(-c4ccccc4)c4c3oc3ccccc34)n2)cc1.c1ccc(-c2nc(-c3ccccc3)nc(-c3cccc(-c4c5ccccc5c(-c5ccccc5)c5sc6ccccc6c45)c3)n2)cc1. The number of rotatable bonds is 12. The van der Waals surface area contributed by atoms with Crippen molar-refractivity contribution in [1.29, 1.82) is 0 Å².